The van der Waals surface area contributed by atoms with E-state index in [2.05, 4.69) is 5.32 Å². The third kappa shape index (κ3) is 4.65. The first kappa shape index (κ1) is 24.5. The van der Waals surface area contributed by atoms with Crippen molar-refractivity contribution in [3.63, 3.8) is 0 Å². The third-order valence-corrected chi connectivity index (χ3v) is 6.33. The van der Waals surface area contributed by atoms with Gasteiger partial charge in [-0.1, -0.05) is 60.7 Å². The van der Waals surface area contributed by atoms with Gasteiger partial charge in [0.25, 0.3) is 5.91 Å². The normalized spacial score (nSPS) is 11.3. The van der Waals surface area contributed by atoms with Crippen LogP contribution in [0.15, 0.2) is 103 Å². The Bertz CT molecular complexity index is 1640. The number of ether oxygens (including phenoxy) is 1. The summed E-state index contributed by atoms with van der Waals surface area (Å²) in [5, 5.41) is 11.7. The summed E-state index contributed by atoms with van der Waals surface area (Å²) in [7, 11) is 1.62. The lowest BCUT2D eigenvalue weighted by Gasteiger charge is -2.13. The van der Waals surface area contributed by atoms with E-state index in [1.807, 2.05) is 102 Å². The van der Waals surface area contributed by atoms with Crippen molar-refractivity contribution in [1.29, 1.82) is 5.41 Å². The van der Waals surface area contributed by atoms with Gasteiger partial charge in [-0.2, -0.15) is 0 Å². The van der Waals surface area contributed by atoms with Crippen LogP contribution in [0.25, 0.3) is 33.4 Å². The minimum atomic E-state index is -0.239. The first-order chi connectivity index (χ1) is 18.6. The predicted molar refractivity (Wildman–Crippen MR) is 152 cm³/mol. The van der Waals surface area contributed by atoms with Gasteiger partial charge >= 0.3 is 0 Å². The molecule has 7 heteroatoms. The van der Waals surface area contributed by atoms with E-state index in [1.54, 1.807) is 7.11 Å². The first-order valence-corrected chi connectivity index (χ1v) is 12.1. The molecule has 0 atom stereocenters. The topological polar surface area (TPSA) is 106 Å². The fraction of sp³-hybridized carbons (Fsp3) is 0.0645. The number of methoxy groups -OCH3 is 1. The zero-order valence-electron chi connectivity index (χ0n) is 20.9. The average Bonchev–Trinajstić information content (AvgIpc) is 3.32. The molecule has 188 valence electrons. The second kappa shape index (κ2) is 10.8. The highest BCUT2D eigenvalue weighted by atomic mass is 16.5. The highest BCUT2D eigenvalue weighted by molar-refractivity contribution is 6.12. The van der Waals surface area contributed by atoms with E-state index < -0.39 is 0 Å². The zero-order valence-corrected chi connectivity index (χ0v) is 20.9. The van der Waals surface area contributed by atoms with Crippen LogP contribution >= 0.6 is 0 Å². The maximum Gasteiger partial charge on any atom is 0.269 e. The lowest BCUT2D eigenvalue weighted by Crippen LogP contribution is -2.26. The standard InChI is InChI=1S/C31H27N5O2/c1-38-25-14-8-9-21(17-25)20-34-31(37)29-28(22-10-4-2-5-11-22)26-15-16-27(23(18-32)19-33)35-30(26)36(29)24-12-6-3-7-13-24/h2-19,32H,20,33H2,1H3,(H,34,37)/b23-19+,32-18?. The van der Waals surface area contributed by atoms with Crippen LogP contribution in [0.2, 0.25) is 0 Å². The molecule has 0 radical (unpaired) electrons. The molecule has 0 bridgehead atoms. The molecule has 5 aromatic rings. The van der Waals surface area contributed by atoms with Crippen molar-refractivity contribution in [3.05, 3.63) is 120 Å². The van der Waals surface area contributed by atoms with Gasteiger partial charge in [-0.05, 0) is 47.5 Å². The Labute approximate surface area is 220 Å². The van der Waals surface area contributed by atoms with E-state index in [4.69, 9.17) is 20.9 Å². The molecular weight excluding hydrogens is 474 g/mol. The van der Waals surface area contributed by atoms with Gasteiger partial charge < -0.3 is 21.2 Å². The molecule has 2 aromatic heterocycles. The van der Waals surface area contributed by atoms with Gasteiger partial charge in [0.05, 0.1) is 12.8 Å². The summed E-state index contributed by atoms with van der Waals surface area (Å²) < 4.78 is 7.21. The van der Waals surface area contributed by atoms with Crippen LogP contribution in [0.4, 0.5) is 0 Å². The molecule has 0 aliphatic rings. The summed E-state index contributed by atoms with van der Waals surface area (Å²) in [5.41, 5.74) is 11.3. The summed E-state index contributed by atoms with van der Waals surface area (Å²) in [6, 6.07) is 30.8. The molecule has 2 heterocycles. The van der Waals surface area contributed by atoms with Gasteiger partial charge in [0, 0.05) is 41.2 Å². The fourth-order valence-electron chi connectivity index (χ4n) is 4.52. The SMILES string of the molecule is COc1cccc(CNC(=O)c2c(-c3ccccc3)c3ccc(/C(C=N)=C/N)nc3n2-c2ccccc2)c1. The number of nitrogens with zero attached hydrogens (tertiary/aromatic N) is 2. The molecule has 0 saturated heterocycles. The maximum atomic E-state index is 14.0. The van der Waals surface area contributed by atoms with Crippen molar-refractivity contribution < 1.29 is 9.53 Å². The molecule has 4 N–H and O–H groups in total. The van der Waals surface area contributed by atoms with Crippen molar-refractivity contribution in [2.24, 2.45) is 5.73 Å². The molecule has 0 unspecified atom stereocenters. The fourth-order valence-corrected chi connectivity index (χ4v) is 4.52. The Hall–Kier alpha value is -5.17. The van der Waals surface area contributed by atoms with E-state index in [0.717, 1.165) is 33.5 Å². The molecule has 0 aliphatic heterocycles. The number of pyridine rings is 1. The number of nitrogens with two attached hydrogens (primary N) is 1. The van der Waals surface area contributed by atoms with Crippen molar-refractivity contribution in [2.75, 3.05) is 7.11 Å². The number of carbonyl (C=O) groups excluding carboxylic acids is 1. The average molecular weight is 502 g/mol. The highest BCUT2D eigenvalue weighted by Crippen LogP contribution is 2.37. The Morgan fingerprint density at radius 3 is 2.42 bits per heavy atom. The number of nitrogens with one attached hydrogen (secondary N) is 2. The van der Waals surface area contributed by atoms with Crippen LogP contribution in [0.1, 0.15) is 21.7 Å². The predicted octanol–water partition coefficient (Wildman–Crippen LogP) is 5.58. The van der Waals surface area contributed by atoms with Gasteiger partial charge in [-0.25, -0.2) is 4.98 Å². The second-order valence-corrected chi connectivity index (χ2v) is 8.63. The van der Waals surface area contributed by atoms with Crippen LogP contribution in [0.3, 0.4) is 0 Å². The van der Waals surface area contributed by atoms with E-state index in [9.17, 15) is 4.79 Å². The largest absolute Gasteiger partial charge is 0.497 e. The van der Waals surface area contributed by atoms with Crippen LogP contribution in [0, 0.1) is 5.41 Å². The Kier molecular flexibility index (Phi) is 6.99. The lowest BCUT2D eigenvalue weighted by molar-refractivity contribution is 0.0945. The summed E-state index contributed by atoms with van der Waals surface area (Å²) in [6.07, 6.45) is 2.53. The third-order valence-electron chi connectivity index (χ3n) is 6.33. The van der Waals surface area contributed by atoms with Crippen LogP contribution < -0.4 is 15.8 Å². The van der Waals surface area contributed by atoms with E-state index in [-0.39, 0.29) is 5.91 Å². The molecule has 3 aromatic carbocycles. The monoisotopic (exact) mass is 501 g/mol. The van der Waals surface area contributed by atoms with Crippen molar-refractivity contribution in [3.8, 4) is 22.6 Å². The molecule has 38 heavy (non-hydrogen) atoms. The summed E-state index contributed by atoms with van der Waals surface area (Å²) in [6.45, 7) is 0.327. The minimum Gasteiger partial charge on any atom is -0.497 e. The van der Waals surface area contributed by atoms with Crippen molar-refractivity contribution in [1.82, 2.24) is 14.9 Å². The van der Waals surface area contributed by atoms with Crippen LogP contribution in [-0.2, 0) is 6.54 Å². The Morgan fingerprint density at radius 1 is 1.00 bits per heavy atom. The van der Waals surface area contributed by atoms with Crippen molar-refractivity contribution >= 4 is 28.7 Å². The van der Waals surface area contributed by atoms with E-state index in [1.165, 1.54) is 12.4 Å². The van der Waals surface area contributed by atoms with Gasteiger partial charge in [-0.15, -0.1) is 0 Å². The van der Waals surface area contributed by atoms with Crippen molar-refractivity contribution in [2.45, 2.75) is 6.54 Å². The number of rotatable bonds is 8. The van der Waals surface area contributed by atoms with Gasteiger partial charge in [0.1, 0.15) is 17.1 Å². The maximum absolute atomic E-state index is 14.0. The number of hydrogen-bond acceptors (Lipinski definition) is 5. The molecule has 0 spiro atoms. The van der Waals surface area contributed by atoms with Gasteiger partial charge in [0.2, 0.25) is 0 Å². The number of para-hydroxylation sites is 1. The molecule has 1 amide bonds. The van der Waals surface area contributed by atoms with Gasteiger partial charge in [0.15, 0.2) is 0 Å². The van der Waals surface area contributed by atoms with Crippen LogP contribution in [0.5, 0.6) is 5.75 Å². The molecule has 7 nitrogen and oxygen atoms in total. The Balaban J connectivity index is 1.74. The Morgan fingerprint density at radius 2 is 1.74 bits per heavy atom. The van der Waals surface area contributed by atoms with Crippen LogP contribution in [-0.4, -0.2) is 28.8 Å². The zero-order chi connectivity index (χ0) is 26.5. The highest BCUT2D eigenvalue weighted by Gasteiger charge is 2.26. The number of allylic oxidation sites excluding steroid dienone is 1. The molecule has 0 fully saturated rings. The number of hydrogen-bond donors (Lipinski definition) is 3. The smallest absolute Gasteiger partial charge is 0.269 e. The molecule has 5 rings (SSSR count). The molecule has 0 saturated carbocycles. The number of aromatic nitrogens is 2. The minimum absolute atomic E-state index is 0.239. The second-order valence-electron chi connectivity index (χ2n) is 8.63. The van der Waals surface area contributed by atoms with E-state index >= 15 is 0 Å². The summed E-state index contributed by atoms with van der Waals surface area (Å²) >= 11 is 0. The van der Waals surface area contributed by atoms with Gasteiger partial charge in [-0.3, -0.25) is 9.36 Å². The molecular formula is C31H27N5O2. The number of carbonyl (C=O) groups is 1. The summed E-state index contributed by atoms with van der Waals surface area (Å²) in [5.74, 6) is 0.489. The number of amides is 1. The molecule has 0 aliphatic carbocycles. The lowest BCUT2D eigenvalue weighted by atomic mass is 10.0. The van der Waals surface area contributed by atoms with E-state index in [0.29, 0.717) is 29.2 Å². The quantitative estimate of drug-likeness (QED) is 0.241. The first-order valence-electron chi connectivity index (χ1n) is 12.1. The number of benzene rings is 3. The summed E-state index contributed by atoms with van der Waals surface area (Å²) in [4.78, 5) is 18.9. The number of fused-ring (bicyclic) bond motifs is 1.